The highest BCUT2D eigenvalue weighted by atomic mass is 32.1. The lowest BCUT2D eigenvalue weighted by atomic mass is 9.85. The number of nitrogens with one attached hydrogen (secondary N) is 2. The summed E-state index contributed by atoms with van der Waals surface area (Å²) in [6.07, 6.45) is 3.45. The van der Waals surface area contributed by atoms with Crippen molar-refractivity contribution in [2.75, 3.05) is 18.4 Å². The van der Waals surface area contributed by atoms with Crippen LogP contribution in [-0.2, 0) is 6.42 Å². The minimum atomic E-state index is 0.432. The molecule has 4 heteroatoms. The Hall–Kier alpha value is -1.91. The van der Waals surface area contributed by atoms with Gasteiger partial charge in [-0.05, 0) is 54.7 Å². The first-order chi connectivity index (χ1) is 11.8. The van der Waals surface area contributed by atoms with Gasteiger partial charge < -0.3 is 10.6 Å². The number of piperidine rings is 1. The smallest absolute Gasteiger partial charge is 0.170 e. The predicted octanol–water partition coefficient (Wildman–Crippen LogP) is 3.73. The number of nitrogens with zero attached hydrogens (tertiary/aromatic N) is 1. The van der Waals surface area contributed by atoms with Crippen LogP contribution in [0, 0.1) is 0 Å². The Morgan fingerprint density at radius 1 is 1.00 bits per heavy atom. The Morgan fingerprint density at radius 3 is 2.67 bits per heavy atom. The van der Waals surface area contributed by atoms with Gasteiger partial charge in [-0.2, -0.15) is 0 Å². The maximum atomic E-state index is 5.51. The minimum Gasteiger partial charge on any atom is -0.360 e. The molecule has 1 saturated heterocycles. The van der Waals surface area contributed by atoms with Gasteiger partial charge in [0, 0.05) is 30.9 Å². The first kappa shape index (κ1) is 15.6. The molecule has 3 nitrogen and oxygen atoms in total. The van der Waals surface area contributed by atoms with E-state index < -0.39 is 0 Å². The lowest BCUT2D eigenvalue weighted by Crippen LogP contribution is -2.49. The summed E-state index contributed by atoms with van der Waals surface area (Å²) < 4.78 is 0. The largest absolute Gasteiger partial charge is 0.360 e. The molecule has 2 aliphatic rings. The Morgan fingerprint density at radius 2 is 1.79 bits per heavy atom. The van der Waals surface area contributed by atoms with Gasteiger partial charge in [-0.1, -0.05) is 42.5 Å². The van der Waals surface area contributed by atoms with E-state index in [1.165, 1.54) is 24.1 Å². The molecule has 2 aliphatic heterocycles. The summed E-state index contributed by atoms with van der Waals surface area (Å²) >= 11 is 5.51. The summed E-state index contributed by atoms with van der Waals surface area (Å²) in [6.45, 7) is 2.33. The Balaban J connectivity index is 1.41. The SMILES string of the molecule is S=C(Nc1ccccc1)NC1CCN2CCc3ccccc3C2C1. The van der Waals surface area contributed by atoms with Gasteiger partial charge in [0.1, 0.15) is 0 Å². The highest BCUT2D eigenvalue weighted by Crippen LogP contribution is 2.36. The van der Waals surface area contributed by atoms with Crippen molar-refractivity contribution in [3.8, 4) is 0 Å². The van der Waals surface area contributed by atoms with Crippen LogP contribution in [0.25, 0.3) is 0 Å². The van der Waals surface area contributed by atoms with Crippen molar-refractivity contribution in [3.63, 3.8) is 0 Å². The van der Waals surface area contributed by atoms with Gasteiger partial charge in [0.15, 0.2) is 5.11 Å². The number of para-hydroxylation sites is 1. The number of thiocarbonyl (C=S) groups is 1. The molecule has 0 radical (unpaired) electrons. The third-order valence-corrected chi connectivity index (χ3v) is 5.38. The second-order valence-electron chi connectivity index (χ2n) is 6.69. The van der Waals surface area contributed by atoms with Crippen molar-refractivity contribution in [1.82, 2.24) is 10.2 Å². The second-order valence-corrected chi connectivity index (χ2v) is 7.09. The van der Waals surface area contributed by atoms with E-state index in [9.17, 15) is 0 Å². The van der Waals surface area contributed by atoms with Crippen LogP contribution in [0.2, 0.25) is 0 Å². The van der Waals surface area contributed by atoms with E-state index in [4.69, 9.17) is 12.2 Å². The third-order valence-electron chi connectivity index (χ3n) is 5.16. The molecule has 0 aliphatic carbocycles. The van der Waals surface area contributed by atoms with E-state index >= 15 is 0 Å². The molecule has 2 heterocycles. The molecule has 2 aromatic rings. The molecule has 124 valence electrons. The summed E-state index contributed by atoms with van der Waals surface area (Å²) in [6, 6.07) is 20.0. The topological polar surface area (TPSA) is 27.3 Å². The molecule has 1 fully saturated rings. The van der Waals surface area contributed by atoms with Crippen LogP contribution in [0.15, 0.2) is 54.6 Å². The fourth-order valence-electron chi connectivity index (χ4n) is 3.96. The highest BCUT2D eigenvalue weighted by Gasteiger charge is 2.33. The number of hydrogen-bond acceptors (Lipinski definition) is 2. The molecule has 2 aromatic carbocycles. The average molecular weight is 337 g/mol. The second kappa shape index (κ2) is 6.91. The lowest BCUT2D eigenvalue weighted by Gasteiger charge is -2.43. The quantitative estimate of drug-likeness (QED) is 0.817. The van der Waals surface area contributed by atoms with E-state index in [0.29, 0.717) is 12.1 Å². The van der Waals surface area contributed by atoms with Crippen LogP contribution >= 0.6 is 12.2 Å². The Labute approximate surface area is 149 Å². The summed E-state index contributed by atoms with van der Waals surface area (Å²) in [4.78, 5) is 2.63. The van der Waals surface area contributed by atoms with Gasteiger partial charge in [-0.15, -0.1) is 0 Å². The normalized spacial score (nSPS) is 23.0. The summed E-state index contributed by atoms with van der Waals surface area (Å²) in [5.74, 6) is 0. The zero-order chi connectivity index (χ0) is 16.4. The fraction of sp³-hybridized carbons (Fsp3) is 0.350. The van der Waals surface area contributed by atoms with Crippen LogP contribution in [0.4, 0.5) is 5.69 Å². The molecule has 4 rings (SSSR count). The van der Waals surface area contributed by atoms with Gasteiger partial charge >= 0.3 is 0 Å². The third kappa shape index (κ3) is 3.30. The molecule has 2 unspecified atom stereocenters. The van der Waals surface area contributed by atoms with Gasteiger partial charge in [-0.3, -0.25) is 4.90 Å². The van der Waals surface area contributed by atoms with E-state index in [0.717, 1.165) is 30.2 Å². The Bertz CT molecular complexity index is 716. The van der Waals surface area contributed by atoms with E-state index in [1.807, 2.05) is 30.3 Å². The summed E-state index contributed by atoms with van der Waals surface area (Å²) in [5.41, 5.74) is 4.07. The number of fused-ring (bicyclic) bond motifs is 3. The molecule has 0 saturated carbocycles. The van der Waals surface area contributed by atoms with Crippen LogP contribution < -0.4 is 10.6 Å². The number of benzene rings is 2. The monoisotopic (exact) mass is 337 g/mol. The predicted molar refractivity (Wildman–Crippen MR) is 103 cm³/mol. The first-order valence-corrected chi connectivity index (χ1v) is 9.15. The zero-order valence-electron chi connectivity index (χ0n) is 13.7. The number of rotatable bonds is 2. The van der Waals surface area contributed by atoms with Gasteiger partial charge in [0.05, 0.1) is 0 Å². The summed E-state index contributed by atoms with van der Waals surface area (Å²) in [7, 11) is 0. The molecule has 2 N–H and O–H groups in total. The van der Waals surface area contributed by atoms with Crippen molar-refractivity contribution in [1.29, 1.82) is 0 Å². The van der Waals surface area contributed by atoms with Crippen molar-refractivity contribution in [3.05, 3.63) is 65.7 Å². The number of hydrogen-bond donors (Lipinski definition) is 2. The van der Waals surface area contributed by atoms with E-state index in [-0.39, 0.29) is 0 Å². The fourth-order valence-corrected chi connectivity index (χ4v) is 4.25. The van der Waals surface area contributed by atoms with Crippen molar-refractivity contribution < 1.29 is 0 Å². The van der Waals surface area contributed by atoms with Crippen LogP contribution in [0.5, 0.6) is 0 Å². The average Bonchev–Trinajstić information content (AvgIpc) is 2.62. The van der Waals surface area contributed by atoms with Gasteiger partial charge in [-0.25, -0.2) is 0 Å². The molecule has 0 amide bonds. The molecule has 0 aromatic heterocycles. The lowest BCUT2D eigenvalue weighted by molar-refractivity contribution is 0.121. The van der Waals surface area contributed by atoms with Gasteiger partial charge in [0.2, 0.25) is 0 Å². The van der Waals surface area contributed by atoms with Crippen molar-refractivity contribution in [2.45, 2.75) is 31.3 Å². The zero-order valence-corrected chi connectivity index (χ0v) is 14.6. The maximum Gasteiger partial charge on any atom is 0.170 e. The molecular formula is C20H23N3S. The molecule has 0 bridgehead atoms. The highest BCUT2D eigenvalue weighted by molar-refractivity contribution is 7.80. The standard InChI is InChI=1S/C20H23N3S/c24-20(21-16-7-2-1-3-8-16)22-17-11-13-23-12-10-15-6-4-5-9-18(15)19(23)14-17/h1-9,17,19H,10-14H2,(H2,21,22,24). The molecule has 0 spiro atoms. The van der Waals surface area contributed by atoms with Gasteiger partial charge in [0.25, 0.3) is 0 Å². The van der Waals surface area contributed by atoms with Crippen molar-refractivity contribution >= 4 is 23.0 Å². The van der Waals surface area contributed by atoms with E-state index in [1.54, 1.807) is 0 Å². The summed E-state index contributed by atoms with van der Waals surface area (Å²) in [5, 5.41) is 7.54. The van der Waals surface area contributed by atoms with Crippen LogP contribution in [0.1, 0.15) is 30.0 Å². The van der Waals surface area contributed by atoms with Crippen LogP contribution in [-0.4, -0.2) is 29.1 Å². The van der Waals surface area contributed by atoms with E-state index in [2.05, 4.69) is 39.8 Å². The molecule has 2 atom stereocenters. The maximum absolute atomic E-state index is 5.51. The Kier molecular flexibility index (Phi) is 4.50. The van der Waals surface area contributed by atoms with Crippen molar-refractivity contribution in [2.24, 2.45) is 0 Å². The molecule has 24 heavy (non-hydrogen) atoms. The first-order valence-electron chi connectivity index (χ1n) is 8.74. The minimum absolute atomic E-state index is 0.432. The number of anilines is 1. The molecular weight excluding hydrogens is 314 g/mol. The van der Waals surface area contributed by atoms with Crippen LogP contribution in [0.3, 0.4) is 0 Å².